The Morgan fingerprint density at radius 3 is 2.82 bits per heavy atom. The molecule has 2 N–H and O–H groups in total. The molecule has 0 saturated heterocycles. The van der Waals surface area contributed by atoms with Gasteiger partial charge in [0, 0.05) is 23.0 Å². The van der Waals surface area contributed by atoms with E-state index >= 15 is 0 Å². The van der Waals surface area contributed by atoms with Gasteiger partial charge < -0.3 is 15.2 Å². The molecule has 0 aromatic heterocycles. The van der Waals surface area contributed by atoms with E-state index < -0.39 is 5.97 Å². The van der Waals surface area contributed by atoms with Crippen LogP contribution < -0.4 is 10.1 Å². The molecule has 120 valence electrons. The summed E-state index contributed by atoms with van der Waals surface area (Å²) in [5.41, 5.74) is 0.924. The number of halogens is 1. The first-order valence-corrected chi connectivity index (χ1v) is 8.29. The number of hydrogen-bond donors (Lipinski definition) is 2. The Labute approximate surface area is 138 Å². The summed E-state index contributed by atoms with van der Waals surface area (Å²) < 4.78 is 6.47. The highest BCUT2D eigenvalue weighted by atomic mass is 79.9. The lowest BCUT2D eigenvalue weighted by Crippen LogP contribution is -2.30. The van der Waals surface area contributed by atoms with Crippen LogP contribution in [0, 0.1) is 0 Å². The molecule has 1 aliphatic rings. The van der Waals surface area contributed by atoms with Gasteiger partial charge in [-0.05, 0) is 31.0 Å². The molecule has 0 fully saturated rings. The molecule has 1 aliphatic heterocycles. The van der Waals surface area contributed by atoms with E-state index in [-0.39, 0.29) is 18.2 Å². The van der Waals surface area contributed by atoms with Crippen molar-refractivity contribution < 1.29 is 19.4 Å². The first-order valence-electron chi connectivity index (χ1n) is 7.49. The number of carbonyl (C=O) groups excluding carboxylic acids is 1. The molecule has 22 heavy (non-hydrogen) atoms. The van der Waals surface area contributed by atoms with Crippen molar-refractivity contribution in [2.24, 2.45) is 0 Å². The number of rotatable bonds is 8. The molecule has 1 atom stereocenters. The van der Waals surface area contributed by atoms with Gasteiger partial charge in [-0.15, -0.1) is 0 Å². The lowest BCUT2D eigenvalue weighted by Gasteiger charge is -2.10. The van der Waals surface area contributed by atoms with E-state index in [0.717, 1.165) is 35.0 Å². The van der Waals surface area contributed by atoms with Crippen molar-refractivity contribution in [2.75, 3.05) is 13.2 Å². The van der Waals surface area contributed by atoms with Gasteiger partial charge in [0.1, 0.15) is 18.3 Å². The van der Waals surface area contributed by atoms with Crippen molar-refractivity contribution in [2.45, 2.75) is 38.0 Å². The Morgan fingerprint density at radius 2 is 2.05 bits per heavy atom. The van der Waals surface area contributed by atoms with E-state index in [9.17, 15) is 9.59 Å². The van der Waals surface area contributed by atoms with Gasteiger partial charge in [0.25, 0.3) is 0 Å². The van der Waals surface area contributed by atoms with Crippen LogP contribution in [0.4, 0.5) is 0 Å². The first kappa shape index (κ1) is 16.8. The van der Waals surface area contributed by atoms with Crippen LogP contribution in [0.25, 0.3) is 0 Å². The molecule has 6 heteroatoms. The van der Waals surface area contributed by atoms with Gasteiger partial charge in [-0.3, -0.25) is 9.59 Å². The third kappa shape index (κ3) is 4.73. The number of carboxylic acids is 1. The maximum atomic E-state index is 12.2. The fourth-order valence-electron chi connectivity index (χ4n) is 2.49. The molecule has 0 bridgehead atoms. The van der Waals surface area contributed by atoms with Crippen LogP contribution in [-0.2, 0) is 9.59 Å². The molecule has 0 saturated carbocycles. The van der Waals surface area contributed by atoms with Gasteiger partial charge in [0.05, 0.1) is 0 Å². The summed E-state index contributed by atoms with van der Waals surface area (Å²) in [6.07, 6.45) is 3.59. The summed E-state index contributed by atoms with van der Waals surface area (Å²) in [4.78, 5) is 22.6. The van der Waals surface area contributed by atoms with Crippen molar-refractivity contribution in [1.29, 1.82) is 0 Å². The molecule has 0 aliphatic carbocycles. The lowest BCUT2D eigenvalue weighted by atomic mass is 10.0. The van der Waals surface area contributed by atoms with Crippen LogP contribution in [0.1, 0.15) is 43.6 Å². The molecule has 0 spiro atoms. The minimum atomic E-state index is -0.751. The number of amides is 1. The van der Waals surface area contributed by atoms with E-state index in [2.05, 4.69) is 21.2 Å². The van der Waals surface area contributed by atoms with Crippen LogP contribution in [-0.4, -0.2) is 30.1 Å². The standard InChI is InChI=1S/C16H20BrNO4/c17-11-6-7-14-12(9-11)13(10-22-14)16(21)18-8-4-2-1-3-5-15(19)20/h6-7,9,13H,1-5,8,10H2,(H,18,21)(H,19,20). The number of benzene rings is 1. The summed E-state index contributed by atoms with van der Waals surface area (Å²) in [7, 11) is 0. The zero-order chi connectivity index (χ0) is 15.9. The minimum Gasteiger partial charge on any atom is -0.492 e. The number of hydrogen-bond acceptors (Lipinski definition) is 3. The van der Waals surface area contributed by atoms with Crippen molar-refractivity contribution in [1.82, 2.24) is 5.32 Å². The second kappa shape index (κ2) is 8.17. The van der Waals surface area contributed by atoms with Gasteiger partial charge >= 0.3 is 5.97 Å². The quantitative estimate of drug-likeness (QED) is 0.690. The fraction of sp³-hybridized carbons (Fsp3) is 0.500. The number of unbranched alkanes of at least 4 members (excludes halogenated alkanes) is 3. The van der Waals surface area contributed by atoms with Crippen LogP contribution in [0.5, 0.6) is 5.75 Å². The third-order valence-corrected chi connectivity index (χ3v) is 4.18. The van der Waals surface area contributed by atoms with E-state index in [1.165, 1.54) is 0 Å². The van der Waals surface area contributed by atoms with Gasteiger partial charge in [-0.25, -0.2) is 0 Å². The molecule has 1 heterocycles. The van der Waals surface area contributed by atoms with Crippen molar-refractivity contribution in [3.63, 3.8) is 0 Å². The molecule has 5 nitrogen and oxygen atoms in total. The van der Waals surface area contributed by atoms with E-state index in [1.54, 1.807) is 0 Å². The van der Waals surface area contributed by atoms with Crippen molar-refractivity contribution >= 4 is 27.8 Å². The summed E-state index contributed by atoms with van der Waals surface area (Å²) in [5.74, 6) is -0.238. The second-order valence-electron chi connectivity index (χ2n) is 5.39. The van der Waals surface area contributed by atoms with Gasteiger partial charge in [0.15, 0.2) is 0 Å². The molecule has 1 unspecified atom stereocenters. The Hall–Kier alpha value is -1.56. The SMILES string of the molecule is O=C(O)CCCCCCNC(=O)C1COc2ccc(Br)cc21. The zero-order valence-corrected chi connectivity index (χ0v) is 13.9. The van der Waals surface area contributed by atoms with Gasteiger partial charge in [-0.2, -0.15) is 0 Å². The monoisotopic (exact) mass is 369 g/mol. The van der Waals surface area contributed by atoms with E-state index in [4.69, 9.17) is 9.84 Å². The number of ether oxygens (including phenoxy) is 1. The van der Waals surface area contributed by atoms with Crippen LogP contribution in [0.15, 0.2) is 22.7 Å². The molecular weight excluding hydrogens is 350 g/mol. The Balaban J connectivity index is 1.69. The van der Waals surface area contributed by atoms with Gasteiger partial charge in [-0.1, -0.05) is 28.8 Å². The normalized spacial score (nSPS) is 16.0. The number of nitrogens with one attached hydrogen (secondary N) is 1. The zero-order valence-electron chi connectivity index (χ0n) is 12.3. The Bertz CT molecular complexity index is 547. The highest BCUT2D eigenvalue weighted by Gasteiger charge is 2.30. The largest absolute Gasteiger partial charge is 0.492 e. The second-order valence-corrected chi connectivity index (χ2v) is 6.31. The highest BCUT2D eigenvalue weighted by Crippen LogP contribution is 2.35. The first-order chi connectivity index (χ1) is 10.6. The highest BCUT2D eigenvalue weighted by molar-refractivity contribution is 9.10. The fourth-order valence-corrected chi connectivity index (χ4v) is 2.87. The Kier molecular flexibility index (Phi) is 6.24. The maximum absolute atomic E-state index is 12.2. The van der Waals surface area contributed by atoms with Crippen LogP contribution in [0.2, 0.25) is 0 Å². The third-order valence-electron chi connectivity index (χ3n) is 3.69. The number of fused-ring (bicyclic) bond motifs is 1. The molecule has 0 radical (unpaired) electrons. The maximum Gasteiger partial charge on any atom is 0.303 e. The summed E-state index contributed by atoms with van der Waals surface area (Å²) in [5, 5.41) is 11.5. The molecule has 2 rings (SSSR count). The predicted molar refractivity (Wildman–Crippen MR) is 86.1 cm³/mol. The molecular formula is C16H20BrNO4. The molecule has 1 aromatic carbocycles. The lowest BCUT2D eigenvalue weighted by molar-refractivity contribution is -0.137. The average molecular weight is 370 g/mol. The van der Waals surface area contributed by atoms with Crippen molar-refractivity contribution in [3.8, 4) is 5.75 Å². The Morgan fingerprint density at radius 1 is 1.27 bits per heavy atom. The summed E-state index contributed by atoms with van der Waals surface area (Å²) in [6, 6.07) is 5.70. The number of carboxylic acid groups (broad SMARTS) is 1. The van der Waals surface area contributed by atoms with Crippen molar-refractivity contribution in [3.05, 3.63) is 28.2 Å². The summed E-state index contributed by atoms with van der Waals surface area (Å²) >= 11 is 3.41. The van der Waals surface area contributed by atoms with Gasteiger partial charge in [0.2, 0.25) is 5.91 Å². The van der Waals surface area contributed by atoms with Crippen LogP contribution in [0.3, 0.4) is 0 Å². The summed E-state index contributed by atoms with van der Waals surface area (Å²) in [6.45, 7) is 1.00. The predicted octanol–water partition coefficient (Wildman–Crippen LogP) is 3.08. The molecule has 1 amide bonds. The number of aliphatic carboxylic acids is 1. The van der Waals surface area contributed by atoms with Crippen LogP contribution >= 0.6 is 15.9 Å². The average Bonchev–Trinajstić information content (AvgIpc) is 2.88. The van der Waals surface area contributed by atoms with E-state index in [1.807, 2.05) is 18.2 Å². The minimum absolute atomic E-state index is 0.0117. The smallest absolute Gasteiger partial charge is 0.303 e. The van der Waals surface area contributed by atoms with E-state index in [0.29, 0.717) is 19.6 Å². The number of carbonyl (C=O) groups is 2. The topological polar surface area (TPSA) is 75.6 Å². The molecule has 1 aromatic rings.